The fourth-order valence-electron chi connectivity index (χ4n) is 2.21. The molecule has 0 radical (unpaired) electrons. The Hall–Kier alpha value is -2.74. The first kappa shape index (κ1) is 15.2. The minimum atomic E-state index is -4.02. The van der Waals surface area contributed by atoms with Crippen LogP contribution in [0.15, 0.2) is 53.8 Å². The highest BCUT2D eigenvalue weighted by molar-refractivity contribution is 7.90. The summed E-state index contributed by atoms with van der Waals surface area (Å²) in [6.07, 6.45) is 2.67. The second kappa shape index (κ2) is 5.81. The zero-order chi connectivity index (χ0) is 16.4. The average molecular weight is 333 g/mol. The Labute approximate surface area is 131 Å². The smallest absolute Gasteiger partial charge is 0.281 e. The molecule has 0 aliphatic rings. The van der Waals surface area contributed by atoms with E-state index in [1.165, 1.54) is 30.5 Å². The predicted molar refractivity (Wildman–Crippen MR) is 81.5 cm³/mol. The van der Waals surface area contributed by atoms with E-state index in [0.717, 1.165) is 0 Å². The number of pyridine rings is 1. The fraction of sp³-hybridized carbons (Fsp3) is 0.0667. The van der Waals surface area contributed by atoms with Crippen molar-refractivity contribution in [1.29, 1.82) is 0 Å². The van der Waals surface area contributed by atoms with E-state index in [2.05, 4.69) is 9.97 Å². The maximum Gasteiger partial charge on any atom is 0.281 e. The van der Waals surface area contributed by atoms with Crippen molar-refractivity contribution in [2.24, 2.45) is 0 Å². The van der Waals surface area contributed by atoms with E-state index in [9.17, 15) is 17.6 Å². The topological polar surface area (TPSA) is 91.9 Å². The third-order valence-corrected chi connectivity index (χ3v) is 4.53. The van der Waals surface area contributed by atoms with Crippen molar-refractivity contribution in [2.75, 3.05) is 0 Å². The van der Waals surface area contributed by atoms with Crippen molar-refractivity contribution < 1.29 is 17.6 Å². The lowest BCUT2D eigenvalue weighted by molar-refractivity contribution is -0.118. The molecule has 2 N–H and O–H groups in total. The summed E-state index contributed by atoms with van der Waals surface area (Å²) in [6, 6.07) is 8.51. The van der Waals surface area contributed by atoms with Gasteiger partial charge >= 0.3 is 0 Å². The molecule has 0 bridgehead atoms. The predicted octanol–water partition coefficient (Wildman–Crippen LogP) is 1.75. The number of nitrogens with one attached hydrogen (secondary N) is 2. The molecular formula is C15H12FN3O3S. The lowest BCUT2D eigenvalue weighted by Crippen LogP contribution is -2.32. The second-order valence-corrected chi connectivity index (χ2v) is 6.51. The Morgan fingerprint density at radius 1 is 1.26 bits per heavy atom. The average Bonchev–Trinajstić information content (AvgIpc) is 2.90. The van der Waals surface area contributed by atoms with Crippen molar-refractivity contribution in [2.45, 2.75) is 11.4 Å². The number of amides is 1. The summed E-state index contributed by atoms with van der Waals surface area (Å²) >= 11 is 0. The van der Waals surface area contributed by atoms with Gasteiger partial charge in [0, 0.05) is 23.3 Å². The number of H-pyrrole nitrogens is 1. The summed E-state index contributed by atoms with van der Waals surface area (Å²) in [7, 11) is -4.02. The number of carbonyl (C=O) groups is 1. The summed E-state index contributed by atoms with van der Waals surface area (Å²) in [6.45, 7) is 0. The fourth-order valence-corrected chi connectivity index (χ4v) is 3.15. The molecule has 0 unspecified atom stereocenters. The van der Waals surface area contributed by atoms with Gasteiger partial charge in [-0.2, -0.15) is 8.42 Å². The van der Waals surface area contributed by atoms with Crippen molar-refractivity contribution >= 4 is 26.8 Å². The standard InChI is InChI=1S/C15H12FN3O3S/c16-11-4-5-13-12(8-11)10(9-18-13)7-14(20)19-23(21,22)15-3-1-2-6-17-15/h1-6,8-9,18H,7H2,(H,19,20). The summed E-state index contributed by atoms with van der Waals surface area (Å²) < 4.78 is 39.3. The first-order valence-electron chi connectivity index (χ1n) is 6.68. The number of halogens is 1. The highest BCUT2D eigenvalue weighted by Crippen LogP contribution is 2.20. The Bertz CT molecular complexity index is 968. The lowest BCUT2D eigenvalue weighted by Gasteiger charge is -2.05. The highest BCUT2D eigenvalue weighted by atomic mass is 32.2. The van der Waals surface area contributed by atoms with Crippen molar-refractivity contribution in [3.63, 3.8) is 0 Å². The third kappa shape index (κ3) is 3.21. The lowest BCUT2D eigenvalue weighted by atomic mass is 10.1. The van der Waals surface area contributed by atoms with Crippen molar-refractivity contribution in [1.82, 2.24) is 14.7 Å². The number of hydrogen-bond acceptors (Lipinski definition) is 4. The number of benzene rings is 1. The van der Waals surface area contributed by atoms with E-state index in [-0.39, 0.29) is 11.4 Å². The van der Waals surface area contributed by atoms with Gasteiger partial charge in [-0.15, -0.1) is 0 Å². The number of carbonyl (C=O) groups excluding carboxylic acids is 1. The highest BCUT2D eigenvalue weighted by Gasteiger charge is 2.19. The number of sulfonamides is 1. The van der Waals surface area contributed by atoms with Gasteiger partial charge in [0.1, 0.15) is 5.82 Å². The Balaban J connectivity index is 1.80. The van der Waals surface area contributed by atoms with Crippen LogP contribution in [0.1, 0.15) is 5.56 Å². The largest absolute Gasteiger partial charge is 0.361 e. The molecule has 3 rings (SSSR count). The van der Waals surface area contributed by atoms with Gasteiger partial charge in [0.2, 0.25) is 5.91 Å². The molecular weight excluding hydrogens is 321 g/mol. The molecule has 1 aromatic carbocycles. The summed E-state index contributed by atoms with van der Waals surface area (Å²) in [4.78, 5) is 18.6. The molecule has 1 amide bonds. The number of nitrogens with zero attached hydrogens (tertiary/aromatic N) is 1. The Morgan fingerprint density at radius 3 is 2.83 bits per heavy atom. The van der Waals surface area contributed by atoms with Gasteiger partial charge in [0.25, 0.3) is 10.0 Å². The van der Waals surface area contributed by atoms with Gasteiger partial charge in [-0.05, 0) is 35.9 Å². The first-order valence-corrected chi connectivity index (χ1v) is 8.16. The molecule has 2 heterocycles. The summed E-state index contributed by atoms with van der Waals surface area (Å²) in [5, 5.41) is 0.300. The molecule has 0 atom stereocenters. The zero-order valence-electron chi connectivity index (χ0n) is 11.8. The molecule has 0 spiro atoms. The van der Waals surface area contributed by atoms with Gasteiger partial charge in [-0.3, -0.25) is 4.79 Å². The Kier molecular flexibility index (Phi) is 3.83. The van der Waals surface area contributed by atoms with E-state index in [1.54, 1.807) is 18.3 Å². The maximum atomic E-state index is 13.3. The summed E-state index contributed by atoms with van der Waals surface area (Å²) in [5.74, 6) is -1.15. The van der Waals surface area contributed by atoms with E-state index in [0.29, 0.717) is 16.5 Å². The third-order valence-electron chi connectivity index (χ3n) is 3.24. The van der Waals surface area contributed by atoms with Crippen LogP contribution >= 0.6 is 0 Å². The van der Waals surface area contributed by atoms with Crippen LogP contribution in [0.4, 0.5) is 4.39 Å². The number of hydrogen-bond donors (Lipinski definition) is 2. The van der Waals surface area contributed by atoms with Gasteiger partial charge in [-0.25, -0.2) is 14.1 Å². The second-order valence-electron chi connectivity index (χ2n) is 4.88. The monoisotopic (exact) mass is 333 g/mol. The molecule has 118 valence electrons. The van der Waals surface area contributed by atoms with Gasteiger partial charge < -0.3 is 4.98 Å². The van der Waals surface area contributed by atoms with Gasteiger partial charge in [-0.1, -0.05) is 6.07 Å². The van der Waals surface area contributed by atoms with Crippen LogP contribution in [-0.2, 0) is 21.2 Å². The molecule has 6 nitrogen and oxygen atoms in total. The number of rotatable bonds is 4. The van der Waals surface area contributed by atoms with E-state index < -0.39 is 21.7 Å². The molecule has 0 fully saturated rings. The van der Waals surface area contributed by atoms with Crippen LogP contribution in [0.25, 0.3) is 10.9 Å². The van der Waals surface area contributed by atoms with Crippen molar-refractivity contribution in [3.05, 3.63) is 60.2 Å². The minimum absolute atomic E-state index is 0.199. The zero-order valence-corrected chi connectivity index (χ0v) is 12.6. The SMILES string of the molecule is O=C(Cc1c[nH]c2ccc(F)cc12)NS(=O)(=O)c1ccccn1. The summed E-state index contributed by atoms with van der Waals surface area (Å²) in [5.41, 5.74) is 1.18. The van der Waals surface area contributed by atoms with Crippen LogP contribution in [0.5, 0.6) is 0 Å². The van der Waals surface area contributed by atoms with Crippen LogP contribution in [-0.4, -0.2) is 24.3 Å². The van der Waals surface area contributed by atoms with E-state index >= 15 is 0 Å². The van der Waals surface area contributed by atoms with Gasteiger partial charge in [0.15, 0.2) is 5.03 Å². The number of aromatic amines is 1. The van der Waals surface area contributed by atoms with Gasteiger partial charge in [0.05, 0.1) is 6.42 Å². The quantitative estimate of drug-likeness (QED) is 0.761. The minimum Gasteiger partial charge on any atom is -0.361 e. The van der Waals surface area contributed by atoms with Crippen LogP contribution < -0.4 is 4.72 Å². The Morgan fingerprint density at radius 2 is 2.09 bits per heavy atom. The van der Waals surface area contributed by atoms with Crippen LogP contribution in [0.2, 0.25) is 0 Å². The molecule has 0 saturated heterocycles. The molecule has 3 aromatic rings. The van der Waals surface area contributed by atoms with E-state index in [4.69, 9.17) is 0 Å². The molecule has 2 aromatic heterocycles. The molecule has 0 aliphatic heterocycles. The number of aromatic nitrogens is 2. The molecule has 8 heteroatoms. The number of fused-ring (bicyclic) bond motifs is 1. The molecule has 0 saturated carbocycles. The molecule has 23 heavy (non-hydrogen) atoms. The first-order chi connectivity index (χ1) is 11.0. The van der Waals surface area contributed by atoms with Crippen LogP contribution in [0, 0.1) is 5.82 Å². The van der Waals surface area contributed by atoms with Crippen LogP contribution in [0.3, 0.4) is 0 Å². The maximum absolute atomic E-state index is 13.3. The molecule has 0 aliphatic carbocycles. The van der Waals surface area contributed by atoms with E-state index in [1.807, 2.05) is 4.72 Å². The van der Waals surface area contributed by atoms with Crippen molar-refractivity contribution in [3.8, 4) is 0 Å². The normalized spacial score (nSPS) is 11.5.